The number of hydrogen-bond acceptors (Lipinski definition) is 4. The highest BCUT2D eigenvalue weighted by Gasteiger charge is 2.05. The molecule has 0 aliphatic carbocycles. The van der Waals surface area contributed by atoms with Gasteiger partial charge in [-0.2, -0.15) is 11.8 Å². The van der Waals surface area contributed by atoms with Crippen LogP contribution < -0.4 is 0 Å². The van der Waals surface area contributed by atoms with Crippen LogP contribution in [0.2, 0.25) is 0 Å². The molecule has 1 N–H and O–H groups in total. The first-order valence-corrected chi connectivity index (χ1v) is 6.20. The summed E-state index contributed by atoms with van der Waals surface area (Å²) in [6.45, 7) is 5.47. The second-order valence-electron chi connectivity index (χ2n) is 3.91. The van der Waals surface area contributed by atoms with Gasteiger partial charge in [-0.25, -0.2) is 0 Å². The van der Waals surface area contributed by atoms with E-state index in [9.17, 15) is 5.11 Å². The first kappa shape index (κ1) is 14.2. The number of rotatable bonds is 8. The molecule has 3 nitrogen and oxygen atoms in total. The lowest BCUT2D eigenvalue weighted by molar-refractivity contribution is 0.0152. The maximum absolute atomic E-state index is 9.50. The molecule has 1 atom stereocenters. The first-order chi connectivity index (χ1) is 6.52. The van der Waals surface area contributed by atoms with E-state index in [1.165, 1.54) is 0 Å². The Bertz CT molecular complexity index is 131. The fraction of sp³-hybridized carbons (Fsp3) is 1.00. The summed E-state index contributed by atoms with van der Waals surface area (Å²) in [7, 11) is 4.11. The topological polar surface area (TPSA) is 32.7 Å². The molecular formula is C10H23NO2S. The zero-order valence-corrected chi connectivity index (χ0v) is 10.5. The van der Waals surface area contributed by atoms with Crippen LogP contribution in [-0.2, 0) is 4.74 Å². The van der Waals surface area contributed by atoms with E-state index in [4.69, 9.17) is 4.74 Å². The summed E-state index contributed by atoms with van der Waals surface area (Å²) in [5.41, 5.74) is 0. The Labute approximate surface area is 91.8 Å². The van der Waals surface area contributed by atoms with E-state index in [1.54, 1.807) is 11.8 Å². The van der Waals surface area contributed by atoms with Crippen LogP contribution in [0.3, 0.4) is 0 Å². The van der Waals surface area contributed by atoms with Crippen molar-refractivity contribution in [2.24, 2.45) is 0 Å². The highest BCUT2D eigenvalue weighted by Crippen LogP contribution is 2.04. The number of aliphatic hydroxyl groups is 1. The molecule has 0 radical (unpaired) electrons. The van der Waals surface area contributed by atoms with Gasteiger partial charge >= 0.3 is 0 Å². The minimum atomic E-state index is -0.329. The van der Waals surface area contributed by atoms with E-state index in [0.29, 0.717) is 6.61 Å². The van der Waals surface area contributed by atoms with Crippen molar-refractivity contribution >= 4 is 11.8 Å². The van der Waals surface area contributed by atoms with E-state index >= 15 is 0 Å². The largest absolute Gasteiger partial charge is 0.390 e. The molecule has 0 saturated carbocycles. The second-order valence-corrected chi connectivity index (χ2v) is 5.06. The summed E-state index contributed by atoms with van der Waals surface area (Å²) >= 11 is 1.77. The monoisotopic (exact) mass is 221 g/mol. The Hall–Kier alpha value is 0.230. The zero-order chi connectivity index (χ0) is 11.0. The van der Waals surface area contributed by atoms with Gasteiger partial charge in [0.05, 0.1) is 18.8 Å². The van der Waals surface area contributed by atoms with Crippen molar-refractivity contribution in [2.45, 2.75) is 26.1 Å². The molecule has 0 aromatic heterocycles. The molecule has 0 aromatic rings. The molecular weight excluding hydrogens is 198 g/mol. The van der Waals surface area contributed by atoms with Gasteiger partial charge in [-0.15, -0.1) is 0 Å². The summed E-state index contributed by atoms with van der Waals surface area (Å²) in [6, 6.07) is 0. The van der Waals surface area contributed by atoms with Crippen LogP contribution in [0.25, 0.3) is 0 Å². The zero-order valence-electron chi connectivity index (χ0n) is 9.69. The molecule has 0 saturated heterocycles. The molecule has 4 heteroatoms. The Balaban J connectivity index is 3.22. The second kappa shape index (κ2) is 8.53. The van der Waals surface area contributed by atoms with Crippen LogP contribution in [0.5, 0.6) is 0 Å². The molecule has 0 spiro atoms. The van der Waals surface area contributed by atoms with Gasteiger partial charge in [-0.05, 0) is 27.9 Å². The highest BCUT2D eigenvalue weighted by molar-refractivity contribution is 7.99. The number of thioether (sulfide) groups is 1. The molecule has 0 aliphatic rings. The summed E-state index contributed by atoms with van der Waals surface area (Å²) in [4.78, 5) is 2.14. The van der Waals surface area contributed by atoms with Gasteiger partial charge in [0, 0.05) is 18.1 Å². The third-order valence-corrected chi connectivity index (χ3v) is 2.71. The summed E-state index contributed by atoms with van der Waals surface area (Å²) in [5.74, 6) is 1.83. The van der Waals surface area contributed by atoms with Crippen LogP contribution in [0.15, 0.2) is 0 Å². The van der Waals surface area contributed by atoms with E-state index in [1.807, 2.05) is 13.8 Å². The maximum atomic E-state index is 9.50. The lowest BCUT2D eigenvalue weighted by Gasteiger charge is -2.14. The third kappa shape index (κ3) is 10.3. The van der Waals surface area contributed by atoms with E-state index in [0.717, 1.165) is 18.1 Å². The molecule has 0 amide bonds. The summed E-state index contributed by atoms with van der Waals surface area (Å²) in [5, 5.41) is 9.50. The molecule has 0 bridgehead atoms. The van der Waals surface area contributed by atoms with Gasteiger partial charge in [-0.1, -0.05) is 0 Å². The number of aliphatic hydroxyl groups excluding tert-OH is 1. The van der Waals surface area contributed by atoms with Gasteiger partial charge in [0.1, 0.15) is 0 Å². The molecule has 14 heavy (non-hydrogen) atoms. The Kier molecular flexibility index (Phi) is 8.67. The van der Waals surface area contributed by atoms with Crippen LogP contribution in [0, 0.1) is 0 Å². The van der Waals surface area contributed by atoms with Crippen molar-refractivity contribution in [3.05, 3.63) is 0 Å². The normalized spacial score (nSPS) is 13.9. The molecule has 1 unspecified atom stereocenters. The maximum Gasteiger partial charge on any atom is 0.0863 e. The predicted molar refractivity (Wildman–Crippen MR) is 63.0 cm³/mol. The van der Waals surface area contributed by atoms with E-state index < -0.39 is 0 Å². The molecule has 0 fully saturated rings. The number of hydrogen-bond donors (Lipinski definition) is 1. The quantitative estimate of drug-likeness (QED) is 0.622. The smallest absolute Gasteiger partial charge is 0.0863 e. The standard InChI is InChI=1S/C10H23NO2S/c1-9(2)13-7-10(12)8-14-6-5-11(3)4/h9-10,12H,5-8H2,1-4H3. The van der Waals surface area contributed by atoms with Gasteiger partial charge in [0.25, 0.3) is 0 Å². The van der Waals surface area contributed by atoms with Gasteiger partial charge < -0.3 is 14.7 Å². The fourth-order valence-corrected chi connectivity index (χ4v) is 1.85. The number of nitrogens with zero attached hydrogens (tertiary/aromatic N) is 1. The predicted octanol–water partition coefficient (Wildman–Crippen LogP) is 1.07. The fourth-order valence-electron chi connectivity index (χ4n) is 0.818. The third-order valence-electron chi connectivity index (χ3n) is 1.62. The molecule has 0 rings (SSSR count). The Morgan fingerprint density at radius 3 is 2.50 bits per heavy atom. The molecule has 0 aliphatic heterocycles. The van der Waals surface area contributed by atoms with Crippen molar-refractivity contribution in [3.63, 3.8) is 0 Å². The lowest BCUT2D eigenvalue weighted by Crippen LogP contribution is -2.22. The van der Waals surface area contributed by atoms with Crippen LogP contribution in [-0.4, -0.2) is 61.0 Å². The van der Waals surface area contributed by atoms with Crippen molar-refractivity contribution in [1.29, 1.82) is 0 Å². The van der Waals surface area contributed by atoms with Crippen molar-refractivity contribution in [3.8, 4) is 0 Å². The SMILES string of the molecule is CC(C)OCC(O)CSCCN(C)C. The summed E-state index contributed by atoms with van der Waals surface area (Å²) < 4.78 is 5.31. The Morgan fingerprint density at radius 1 is 1.36 bits per heavy atom. The average Bonchev–Trinajstić information content (AvgIpc) is 2.08. The van der Waals surface area contributed by atoms with E-state index in [-0.39, 0.29) is 12.2 Å². The van der Waals surface area contributed by atoms with Gasteiger partial charge in [0.15, 0.2) is 0 Å². The highest BCUT2D eigenvalue weighted by atomic mass is 32.2. The minimum Gasteiger partial charge on any atom is -0.390 e. The molecule has 0 aromatic carbocycles. The average molecular weight is 221 g/mol. The van der Waals surface area contributed by atoms with Crippen molar-refractivity contribution in [2.75, 3.05) is 38.8 Å². The van der Waals surface area contributed by atoms with Crippen LogP contribution in [0.4, 0.5) is 0 Å². The van der Waals surface area contributed by atoms with Crippen LogP contribution in [0.1, 0.15) is 13.8 Å². The summed E-state index contributed by atoms with van der Waals surface area (Å²) in [6.07, 6.45) is -0.124. The lowest BCUT2D eigenvalue weighted by atomic mass is 10.4. The van der Waals surface area contributed by atoms with Gasteiger partial charge in [-0.3, -0.25) is 0 Å². The van der Waals surface area contributed by atoms with Crippen molar-refractivity contribution < 1.29 is 9.84 Å². The van der Waals surface area contributed by atoms with E-state index in [2.05, 4.69) is 19.0 Å². The minimum absolute atomic E-state index is 0.205. The van der Waals surface area contributed by atoms with Gasteiger partial charge in [0.2, 0.25) is 0 Å². The molecule has 0 heterocycles. The molecule has 86 valence electrons. The Morgan fingerprint density at radius 2 is 2.00 bits per heavy atom. The first-order valence-electron chi connectivity index (χ1n) is 5.04. The van der Waals surface area contributed by atoms with Crippen LogP contribution >= 0.6 is 11.8 Å². The van der Waals surface area contributed by atoms with Crippen molar-refractivity contribution in [1.82, 2.24) is 4.90 Å². The number of ether oxygens (including phenoxy) is 1.